The molecule has 3 rings (SSSR count). The highest BCUT2D eigenvalue weighted by atomic mass is 19.1. The van der Waals surface area contributed by atoms with Crippen molar-refractivity contribution >= 4 is 5.69 Å². The zero-order valence-corrected chi connectivity index (χ0v) is 12.9. The van der Waals surface area contributed by atoms with Crippen molar-refractivity contribution in [2.75, 3.05) is 50.8 Å². The lowest BCUT2D eigenvalue weighted by atomic mass is 10.1. The minimum atomic E-state index is -0.457. The molecule has 1 fully saturated rings. The summed E-state index contributed by atoms with van der Waals surface area (Å²) in [6.07, 6.45) is -0.480. The van der Waals surface area contributed by atoms with Crippen molar-refractivity contribution in [2.45, 2.75) is 19.1 Å². The number of aliphatic hydroxyl groups excluding tert-OH is 1. The number of morpholine rings is 1. The van der Waals surface area contributed by atoms with E-state index < -0.39 is 6.10 Å². The highest BCUT2D eigenvalue weighted by molar-refractivity contribution is 5.60. The number of β-amino-alcohol motifs (C(OH)–C–C–N with tert-alkyl or cyclic N) is 1. The predicted molar refractivity (Wildman–Crippen MR) is 82.0 cm³/mol. The van der Waals surface area contributed by atoms with Crippen molar-refractivity contribution in [1.29, 1.82) is 0 Å². The molecule has 22 heavy (non-hydrogen) atoms. The molecule has 2 heterocycles. The van der Waals surface area contributed by atoms with E-state index in [-0.39, 0.29) is 11.9 Å². The number of ether oxygens (including phenoxy) is 2. The average molecular weight is 310 g/mol. The van der Waals surface area contributed by atoms with E-state index >= 15 is 0 Å². The summed E-state index contributed by atoms with van der Waals surface area (Å²) in [6.45, 7) is 6.97. The van der Waals surface area contributed by atoms with Crippen LogP contribution in [0.15, 0.2) is 18.2 Å². The minimum Gasteiger partial charge on any atom is -0.487 e. The van der Waals surface area contributed by atoms with Crippen LogP contribution in [0.5, 0.6) is 5.75 Å². The third-order valence-electron chi connectivity index (χ3n) is 4.07. The van der Waals surface area contributed by atoms with Crippen molar-refractivity contribution < 1.29 is 19.0 Å². The largest absolute Gasteiger partial charge is 0.487 e. The monoisotopic (exact) mass is 310 g/mol. The van der Waals surface area contributed by atoms with Crippen LogP contribution in [0.1, 0.15) is 6.92 Å². The lowest BCUT2D eigenvalue weighted by Gasteiger charge is -2.37. The smallest absolute Gasteiger partial charge is 0.146 e. The van der Waals surface area contributed by atoms with Gasteiger partial charge in [-0.15, -0.1) is 0 Å². The summed E-state index contributed by atoms with van der Waals surface area (Å²) in [5, 5.41) is 10.4. The quantitative estimate of drug-likeness (QED) is 0.902. The van der Waals surface area contributed by atoms with Gasteiger partial charge in [0, 0.05) is 32.2 Å². The van der Waals surface area contributed by atoms with Crippen LogP contribution < -0.4 is 9.64 Å². The highest BCUT2D eigenvalue weighted by Gasteiger charge is 2.26. The molecule has 0 spiro atoms. The Balaban J connectivity index is 1.64. The number of anilines is 1. The molecule has 2 atom stereocenters. The SMILES string of the molecule is CC1CN(CC(O)CN2CCOCC2)c2ccc(F)cc2O1. The molecule has 0 bridgehead atoms. The molecule has 2 aliphatic rings. The Hall–Kier alpha value is -1.37. The fourth-order valence-corrected chi connectivity index (χ4v) is 3.07. The normalized spacial score (nSPS) is 23.8. The molecule has 0 radical (unpaired) electrons. The summed E-state index contributed by atoms with van der Waals surface area (Å²) in [6, 6.07) is 4.56. The van der Waals surface area contributed by atoms with E-state index in [1.165, 1.54) is 12.1 Å². The fourth-order valence-electron chi connectivity index (χ4n) is 3.07. The van der Waals surface area contributed by atoms with Gasteiger partial charge in [0.25, 0.3) is 0 Å². The standard InChI is InChI=1S/C16H23FN2O3/c1-12-9-19(15-3-2-13(17)8-16(15)22-12)11-14(20)10-18-4-6-21-7-5-18/h2-3,8,12,14,20H,4-7,9-11H2,1H3. The summed E-state index contributed by atoms with van der Waals surface area (Å²) in [5.41, 5.74) is 0.848. The van der Waals surface area contributed by atoms with Gasteiger partial charge in [-0.3, -0.25) is 4.90 Å². The third kappa shape index (κ3) is 3.69. The summed E-state index contributed by atoms with van der Waals surface area (Å²) in [7, 11) is 0. The molecular formula is C16H23FN2O3. The molecule has 122 valence electrons. The van der Waals surface area contributed by atoms with Crippen molar-refractivity contribution in [1.82, 2.24) is 4.90 Å². The molecule has 0 saturated carbocycles. The first kappa shape index (κ1) is 15.5. The summed E-state index contributed by atoms with van der Waals surface area (Å²) in [4.78, 5) is 4.29. The molecule has 1 saturated heterocycles. The Morgan fingerprint density at radius 3 is 2.86 bits per heavy atom. The van der Waals surface area contributed by atoms with Crippen molar-refractivity contribution in [3.63, 3.8) is 0 Å². The van der Waals surface area contributed by atoms with Crippen LogP contribution in [0.25, 0.3) is 0 Å². The van der Waals surface area contributed by atoms with E-state index in [9.17, 15) is 9.50 Å². The average Bonchev–Trinajstić information content (AvgIpc) is 2.47. The molecule has 1 aromatic rings. The maximum Gasteiger partial charge on any atom is 0.146 e. The van der Waals surface area contributed by atoms with Crippen molar-refractivity contribution in [2.24, 2.45) is 0 Å². The number of rotatable bonds is 4. The second-order valence-electron chi connectivity index (χ2n) is 6.01. The van der Waals surface area contributed by atoms with Gasteiger partial charge in [0.15, 0.2) is 0 Å². The number of hydrogen-bond donors (Lipinski definition) is 1. The lowest BCUT2D eigenvalue weighted by molar-refractivity contribution is 0.0157. The van der Waals surface area contributed by atoms with Crippen LogP contribution in [0, 0.1) is 5.82 Å². The number of benzene rings is 1. The molecule has 0 aromatic heterocycles. The molecule has 1 N–H and O–H groups in total. The van der Waals surface area contributed by atoms with Gasteiger partial charge in [-0.05, 0) is 19.1 Å². The van der Waals surface area contributed by atoms with Gasteiger partial charge in [0.05, 0.1) is 31.5 Å². The van der Waals surface area contributed by atoms with Crippen LogP contribution in [0.2, 0.25) is 0 Å². The van der Waals surface area contributed by atoms with E-state index in [0.29, 0.717) is 25.4 Å². The van der Waals surface area contributed by atoms with Gasteiger partial charge in [0.2, 0.25) is 0 Å². The van der Waals surface area contributed by atoms with E-state index in [1.54, 1.807) is 6.07 Å². The Bertz CT molecular complexity index is 508. The Kier molecular flexibility index (Phi) is 4.81. The summed E-state index contributed by atoms with van der Waals surface area (Å²) >= 11 is 0. The molecule has 0 aliphatic carbocycles. The number of aliphatic hydroxyl groups is 1. The van der Waals surface area contributed by atoms with Gasteiger partial charge in [-0.1, -0.05) is 0 Å². The molecule has 2 aliphatic heterocycles. The Morgan fingerprint density at radius 1 is 1.32 bits per heavy atom. The van der Waals surface area contributed by atoms with Gasteiger partial charge in [0.1, 0.15) is 17.7 Å². The maximum absolute atomic E-state index is 13.4. The lowest BCUT2D eigenvalue weighted by Crippen LogP contribution is -2.47. The van der Waals surface area contributed by atoms with E-state index in [0.717, 1.165) is 32.0 Å². The second-order valence-corrected chi connectivity index (χ2v) is 6.01. The van der Waals surface area contributed by atoms with Crippen LogP contribution >= 0.6 is 0 Å². The van der Waals surface area contributed by atoms with E-state index in [2.05, 4.69) is 9.80 Å². The van der Waals surface area contributed by atoms with Crippen molar-refractivity contribution in [3.05, 3.63) is 24.0 Å². The number of halogens is 1. The number of fused-ring (bicyclic) bond motifs is 1. The summed E-state index contributed by atoms with van der Waals surface area (Å²) < 4.78 is 24.4. The Labute approximate surface area is 130 Å². The first-order valence-electron chi connectivity index (χ1n) is 7.81. The fraction of sp³-hybridized carbons (Fsp3) is 0.625. The molecule has 0 amide bonds. The van der Waals surface area contributed by atoms with Crippen LogP contribution in [0.3, 0.4) is 0 Å². The topological polar surface area (TPSA) is 45.2 Å². The van der Waals surface area contributed by atoms with E-state index in [1.807, 2.05) is 6.92 Å². The van der Waals surface area contributed by atoms with E-state index in [4.69, 9.17) is 9.47 Å². The first-order valence-corrected chi connectivity index (χ1v) is 7.81. The van der Waals surface area contributed by atoms with Crippen LogP contribution in [-0.4, -0.2) is 68.2 Å². The maximum atomic E-state index is 13.4. The van der Waals surface area contributed by atoms with Gasteiger partial charge in [-0.2, -0.15) is 0 Å². The zero-order chi connectivity index (χ0) is 15.5. The molecule has 1 aromatic carbocycles. The molecule has 2 unspecified atom stereocenters. The first-order chi connectivity index (χ1) is 10.6. The second kappa shape index (κ2) is 6.81. The zero-order valence-electron chi connectivity index (χ0n) is 12.9. The molecular weight excluding hydrogens is 287 g/mol. The molecule has 6 heteroatoms. The van der Waals surface area contributed by atoms with Crippen LogP contribution in [0.4, 0.5) is 10.1 Å². The summed E-state index contributed by atoms with van der Waals surface area (Å²) in [5.74, 6) is 0.249. The van der Waals surface area contributed by atoms with Gasteiger partial charge >= 0.3 is 0 Å². The van der Waals surface area contributed by atoms with Gasteiger partial charge in [-0.25, -0.2) is 4.39 Å². The predicted octanol–water partition coefficient (Wildman–Crippen LogP) is 1.11. The van der Waals surface area contributed by atoms with Gasteiger partial charge < -0.3 is 19.5 Å². The Morgan fingerprint density at radius 2 is 2.09 bits per heavy atom. The number of nitrogens with zero attached hydrogens (tertiary/aromatic N) is 2. The third-order valence-corrected chi connectivity index (χ3v) is 4.07. The van der Waals surface area contributed by atoms with Crippen molar-refractivity contribution in [3.8, 4) is 5.75 Å². The number of hydrogen-bond acceptors (Lipinski definition) is 5. The van der Waals surface area contributed by atoms with Crippen LogP contribution in [-0.2, 0) is 4.74 Å². The minimum absolute atomic E-state index is 0.0233. The molecule has 5 nitrogen and oxygen atoms in total. The highest BCUT2D eigenvalue weighted by Crippen LogP contribution is 2.34.